The van der Waals surface area contributed by atoms with Crippen LogP contribution in [0.3, 0.4) is 0 Å². The molecule has 2 aromatic rings. The molecule has 0 fully saturated rings. The first-order valence-electron chi connectivity index (χ1n) is 5.90. The second kappa shape index (κ2) is 5.84. The Labute approximate surface area is 106 Å². The monoisotopic (exact) mass is 246 g/mol. The van der Waals surface area contributed by atoms with Gasteiger partial charge in [-0.2, -0.15) is 0 Å². The minimum absolute atomic E-state index is 0.846. The molecule has 0 atom stereocenters. The zero-order valence-electron chi connectivity index (χ0n) is 10.1. The van der Waals surface area contributed by atoms with Gasteiger partial charge >= 0.3 is 0 Å². The second-order valence-electron chi connectivity index (χ2n) is 4.07. The summed E-state index contributed by atoms with van der Waals surface area (Å²) in [5.41, 5.74) is 9.42. The lowest BCUT2D eigenvalue weighted by Gasteiger charge is -2.05. The topological polar surface area (TPSA) is 38.0 Å². The fourth-order valence-electron chi connectivity index (χ4n) is 1.71. The van der Waals surface area contributed by atoms with Crippen molar-refractivity contribution in [1.82, 2.24) is 5.32 Å². The van der Waals surface area contributed by atoms with Crippen LogP contribution in [0.1, 0.15) is 22.9 Å². The van der Waals surface area contributed by atoms with E-state index >= 15 is 0 Å². The van der Waals surface area contributed by atoms with Crippen LogP contribution in [0.4, 0.5) is 5.69 Å². The summed E-state index contributed by atoms with van der Waals surface area (Å²) in [5.74, 6) is 0. The summed E-state index contributed by atoms with van der Waals surface area (Å²) in [5, 5.41) is 5.44. The average Bonchev–Trinajstić information content (AvgIpc) is 2.76. The molecule has 3 heteroatoms. The number of aryl methyl sites for hydroxylation is 1. The Hall–Kier alpha value is -1.32. The summed E-state index contributed by atoms with van der Waals surface area (Å²) in [6.45, 7) is 3.91. The van der Waals surface area contributed by atoms with E-state index in [9.17, 15) is 0 Å². The highest BCUT2D eigenvalue weighted by molar-refractivity contribution is 7.10. The average molecular weight is 246 g/mol. The molecule has 0 spiro atoms. The molecule has 0 amide bonds. The summed E-state index contributed by atoms with van der Waals surface area (Å²) in [7, 11) is 0. The van der Waals surface area contributed by atoms with E-state index in [0.29, 0.717) is 0 Å². The molecule has 0 aliphatic heterocycles. The van der Waals surface area contributed by atoms with E-state index < -0.39 is 0 Å². The highest BCUT2D eigenvalue weighted by Crippen LogP contribution is 2.18. The summed E-state index contributed by atoms with van der Waals surface area (Å²) in [6.07, 6.45) is 1.10. The van der Waals surface area contributed by atoms with Gasteiger partial charge in [-0.05, 0) is 29.0 Å². The maximum atomic E-state index is 5.83. The van der Waals surface area contributed by atoms with Crippen LogP contribution in [-0.4, -0.2) is 0 Å². The molecule has 2 nitrogen and oxygen atoms in total. The number of thiophene rings is 1. The number of rotatable bonds is 5. The number of anilines is 1. The van der Waals surface area contributed by atoms with Crippen LogP contribution in [0.5, 0.6) is 0 Å². The third-order valence-corrected chi connectivity index (χ3v) is 3.76. The Morgan fingerprint density at radius 2 is 1.76 bits per heavy atom. The van der Waals surface area contributed by atoms with Crippen LogP contribution in [0.25, 0.3) is 0 Å². The van der Waals surface area contributed by atoms with E-state index in [-0.39, 0.29) is 0 Å². The van der Waals surface area contributed by atoms with Crippen molar-refractivity contribution in [1.29, 1.82) is 0 Å². The lowest BCUT2D eigenvalue weighted by Crippen LogP contribution is -2.12. The molecule has 0 bridgehead atoms. The second-order valence-corrected chi connectivity index (χ2v) is 5.07. The summed E-state index contributed by atoms with van der Waals surface area (Å²) < 4.78 is 0. The molecule has 2 rings (SSSR count). The number of nitrogen functional groups attached to an aromatic ring is 1. The van der Waals surface area contributed by atoms with Gasteiger partial charge in [0.2, 0.25) is 0 Å². The maximum absolute atomic E-state index is 5.83. The van der Waals surface area contributed by atoms with Crippen molar-refractivity contribution in [2.45, 2.75) is 26.4 Å². The molecule has 1 heterocycles. The van der Waals surface area contributed by atoms with Crippen molar-refractivity contribution in [3.05, 3.63) is 51.7 Å². The van der Waals surface area contributed by atoms with Crippen molar-refractivity contribution < 1.29 is 0 Å². The normalized spacial score (nSPS) is 10.6. The van der Waals surface area contributed by atoms with Crippen molar-refractivity contribution in [3.63, 3.8) is 0 Å². The lowest BCUT2D eigenvalue weighted by molar-refractivity contribution is 0.701. The third kappa shape index (κ3) is 3.32. The summed E-state index contributed by atoms with van der Waals surface area (Å²) >= 11 is 1.70. The zero-order chi connectivity index (χ0) is 12.1. The van der Waals surface area contributed by atoms with E-state index in [1.165, 1.54) is 16.0 Å². The molecule has 1 aromatic carbocycles. The minimum atomic E-state index is 0.846. The fraction of sp³-hybridized carbons (Fsp3) is 0.286. The predicted molar refractivity (Wildman–Crippen MR) is 75.1 cm³/mol. The first-order valence-corrected chi connectivity index (χ1v) is 6.78. The highest BCUT2D eigenvalue weighted by Gasteiger charge is 1.99. The molecule has 0 saturated heterocycles. The van der Waals surface area contributed by atoms with Gasteiger partial charge in [0.1, 0.15) is 0 Å². The number of benzene rings is 1. The molecule has 3 N–H and O–H groups in total. The van der Waals surface area contributed by atoms with Crippen molar-refractivity contribution in [2.24, 2.45) is 0 Å². The molecule has 17 heavy (non-hydrogen) atoms. The Kier molecular flexibility index (Phi) is 4.18. The van der Waals surface area contributed by atoms with Gasteiger partial charge in [0.15, 0.2) is 0 Å². The van der Waals surface area contributed by atoms with Crippen LogP contribution < -0.4 is 11.1 Å². The standard InChI is InChI=1S/C14H18N2S/c1-2-11-3-5-12(6-4-11)9-16-10-14-13(15)7-8-17-14/h3-8,16H,2,9-10,15H2,1H3. The molecule has 0 aliphatic rings. The number of hydrogen-bond acceptors (Lipinski definition) is 3. The van der Waals surface area contributed by atoms with E-state index in [4.69, 9.17) is 5.73 Å². The molecule has 0 saturated carbocycles. The third-order valence-electron chi connectivity index (χ3n) is 2.83. The van der Waals surface area contributed by atoms with Crippen LogP contribution in [0.2, 0.25) is 0 Å². The first-order chi connectivity index (χ1) is 8.29. The van der Waals surface area contributed by atoms with E-state index in [0.717, 1.165) is 25.2 Å². The summed E-state index contributed by atoms with van der Waals surface area (Å²) in [6, 6.07) is 10.7. The van der Waals surface area contributed by atoms with Gasteiger partial charge in [0, 0.05) is 23.7 Å². The Bertz CT molecular complexity index is 459. The number of hydrogen-bond donors (Lipinski definition) is 2. The Morgan fingerprint density at radius 1 is 1.06 bits per heavy atom. The predicted octanol–water partition coefficient (Wildman–Crippen LogP) is 3.18. The van der Waals surface area contributed by atoms with Crippen molar-refractivity contribution in [2.75, 3.05) is 5.73 Å². The van der Waals surface area contributed by atoms with Gasteiger partial charge in [-0.3, -0.25) is 0 Å². The lowest BCUT2D eigenvalue weighted by atomic mass is 10.1. The summed E-state index contributed by atoms with van der Waals surface area (Å²) in [4.78, 5) is 1.22. The molecule has 0 unspecified atom stereocenters. The Morgan fingerprint density at radius 3 is 2.35 bits per heavy atom. The van der Waals surface area contributed by atoms with Crippen LogP contribution in [0.15, 0.2) is 35.7 Å². The van der Waals surface area contributed by atoms with Crippen LogP contribution in [0, 0.1) is 0 Å². The smallest absolute Gasteiger partial charge is 0.0468 e. The first kappa shape index (κ1) is 12.1. The van der Waals surface area contributed by atoms with E-state index in [1.807, 2.05) is 11.4 Å². The van der Waals surface area contributed by atoms with Gasteiger partial charge in [-0.15, -0.1) is 11.3 Å². The van der Waals surface area contributed by atoms with Crippen molar-refractivity contribution >= 4 is 17.0 Å². The van der Waals surface area contributed by atoms with Gasteiger partial charge < -0.3 is 11.1 Å². The van der Waals surface area contributed by atoms with Gasteiger partial charge in [0.05, 0.1) is 0 Å². The minimum Gasteiger partial charge on any atom is -0.398 e. The van der Waals surface area contributed by atoms with Gasteiger partial charge in [0.25, 0.3) is 0 Å². The zero-order valence-corrected chi connectivity index (χ0v) is 10.9. The maximum Gasteiger partial charge on any atom is 0.0468 e. The molecular weight excluding hydrogens is 228 g/mol. The van der Waals surface area contributed by atoms with Crippen LogP contribution >= 0.6 is 11.3 Å². The Balaban J connectivity index is 1.83. The van der Waals surface area contributed by atoms with Gasteiger partial charge in [-0.25, -0.2) is 0 Å². The fourth-order valence-corrected chi connectivity index (χ4v) is 2.48. The van der Waals surface area contributed by atoms with E-state index in [1.54, 1.807) is 11.3 Å². The number of nitrogens with one attached hydrogen (secondary N) is 1. The largest absolute Gasteiger partial charge is 0.398 e. The molecule has 0 radical (unpaired) electrons. The van der Waals surface area contributed by atoms with Crippen LogP contribution in [-0.2, 0) is 19.5 Å². The quantitative estimate of drug-likeness (QED) is 0.850. The highest BCUT2D eigenvalue weighted by atomic mass is 32.1. The molecule has 90 valence electrons. The SMILES string of the molecule is CCc1ccc(CNCc2sccc2N)cc1. The van der Waals surface area contributed by atoms with Gasteiger partial charge in [-0.1, -0.05) is 31.2 Å². The van der Waals surface area contributed by atoms with Crippen molar-refractivity contribution in [3.8, 4) is 0 Å². The molecule has 1 aromatic heterocycles. The van der Waals surface area contributed by atoms with E-state index in [2.05, 4.69) is 36.5 Å². The number of nitrogens with two attached hydrogens (primary N) is 1. The molecular formula is C14H18N2S. The molecule has 0 aliphatic carbocycles.